The van der Waals surface area contributed by atoms with Crippen LogP contribution in [0.3, 0.4) is 0 Å². The summed E-state index contributed by atoms with van der Waals surface area (Å²) in [6.45, 7) is -0.0771. The van der Waals surface area contributed by atoms with Crippen LogP contribution in [0.4, 0.5) is 0 Å². The molecule has 0 fully saturated rings. The van der Waals surface area contributed by atoms with Crippen molar-refractivity contribution in [2.45, 2.75) is 25.4 Å². The van der Waals surface area contributed by atoms with E-state index in [0.29, 0.717) is 18.7 Å². The fourth-order valence-electron chi connectivity index (χ4n) is 1.27. The molecule has 0 bridgehead atoms. The fraction of sp³-hybridized carbons (Fsp3) is 0.667. The molecule has 9 nitrogen and oxygen atoms in total. The van der Waals surface area contributed by atoms with Crippen LogP contribution in [0.2, 0.25) is 0 Å². The van der Waals surface area contributed by atoms with E-state index in [1.807, 2.05) is 0 Å². The minimum Gasteiger partial charge on any atom is -0.468 e. The Balaban J connectivity index is 2.55. The lowest BCUT2D eigenvalue weighted by Crippen LogP contribution is -2.32. The summed E-state index contributed by atoms with van der Waals surface area (Å²) < 4.78 is 10.3. The Kier molecular flexibility index (Phi) is 5.18. The third kappa shape index (κ3) is 3.77. The fourth-order valence-corrected chi connectivity index (χ4v) is 1.27. The molecule has 1 rings (SSSR count). The second-order valence-corrected chi connectivity index (χ2v) is 3.50. The van der Waals surface area contributed by atoms with Crippen molar-refractivity contribution in [1.82, 2.24) is 20.2 Å². The summed E-state index contributed by atoms with van der Waals surface area (Å²) >= 11 is 0. The number of rotatable bonds is 6. The number of ether oxygens (including phenoxy) is 2. The Labute approximate surface area is 103 Å². The van der Waals surface area contributed by atoms with Crippen LogP contribution < -0.4 is 5.73 Å². The molecule has 0 saturated heterocycles. The first kappa shape index (κ1) is 14.0. The summed E-state index contributed by atoms with van der Waals surface area (Å²) in [5, 5.41) is 10.8. The molecule has 100 valence electrons. The van der Waals surface area contributed by atoms with Crippen molar-refractivity contribution in [3.63, 3.8) is 0 Å². The zero-order chi connectivity index (χ0) is 13.5. The van der Waals surface area contributed by atoms with Crippen LogP contribution in [0.15, 0.2) is 0 Å². The molecule has 0 spiro atoms. The smallest absolute Gasteiger partial charge is 0.327 e. The Bertz CT molecular complexity index is 419. The highest BCUT2D eigenvalue weighted by Gasteiger charge is 2.16. The van der Waals surface area contributed by atoms with Gasteiger partial charge in [-0.2, -0.15) is 0 Å². The molecular weight excluding hydrogens is 242 g/mol. The molecule has 18 heavy (non-hydrogen) atoms. The molecule has 1 aromatic rings. The molecule has 0 radical (unpaired) electrons. The Hall–Kier alpha value is -2.03. The summed E-state index contributed by atoms with van der Waals surface area (Å²) in [7, 11) is 2.54. The Morgan fingerprint density at radius 3 is 2.72 bits per heavy atom. The van der Waals surface area contributed by atoms with Gasteiger partial charge < -0.3 is 15.2 Å². The summed E-state index contributed by atoms with van der Waals surface area (Å²) in [4.78, 5) is 22.2. The molecule has 0 aliphatic carbocycles. The molecular formula is C9H15N5O4. The van der Waals surface area contributed by atoms with E-state index in [2.05, 4.69) is 25.0 Å². The standard InChI is InChI=1S/C9H15N5O4/c1-17-8(15)5-14-7(11-12-13-14)4-3-6(10)9(16)18-2/h6H,3-5,10H2,1-2H3/t6-/m0/s1. The number of nitrogens with zero attached hydrogens (tertiary/aromatic N) is 4. The van der Waals surface area contributed by atoms with Gasteiger partial charge in [0.05, 0.1) is 14.2 Å². The van der Waals surface area contributed by atoms with Crippen molar-refractivity contribution in [3.05, 3.63) is 5.82 Å². The van der Waals surface area contributed by atoms with Crippen LogP contribution >= 0.6 is 0 Å². The maximum Gasteiger partial charge on any atom is 0.327 e. The SMILES string of the molecule is COC(=O)Cn1nnnc1CC[C@H](N)C(=O)OC. The molecule has 0 aliphatic rings. The average Bonchev–Trinajstić information content (AvgIpc) is 2.81. The third-order valence-corrected chi connectivity index (χ3v) is 2.30. The molecule has 2 N–H and O–H groups in total. The normalized spacial score (nSPS) is 11.9. The number of esters is 2. The molecule has 1 atom stereocenters. The van der Waals surface area contributed by atoms with Crippen LogP contribution in [-0.2, 0) is 32.0 Å². The number of carbonyl (C=O) groups is 2. The predicted molar refractivity (Wildman–Crippen MR) is 58.1 cm³/mol. The highest BCUT2D eigenvalue weighted by atomic mass is 16.5. The van der Waals surface area contributed by atoms with Gasteiger partial charge in [-0.1, -0.05) is 0 Å². The number of nitrogens with two attached hydrogens (primary N) is 1. The molecule has 0 aromatic carbocycles. The Morgan fingerprint density at radius 2 is 2.11 bits per heavy atom. The maximum atomic E-state index is 11.1. The predicted octanol–water partition coefficient (Wildman–Crippen LogP) is -1.72. The van der Waals surface area contributed by atoms with Crippen molar-refractivity contribution in [2.75, 3.05) is 14.2 Å². The van der Waals surface area contributed by atoms with Crippen molar-refractivity contribution < 1.29 is 19.1 Å². The van der Waals surface area contributed by atoms with Gasteiger partial charge in [0.15, 0.2) is 5.82 Å². The van der Waals surface area contributed by atoms with Crippen LogP contribution in [-0.4, -0.2) is 52.4 Å². The maximum absolute atomic E-state index is 11.1. The number of hydrogen-bond acceptors (Lipinski definition) is 8. The second-order valence-electron chi connectivity index (χ2n) is 3.50. The lowest BCUT2D eigenvalue weighted by atomic mass is 10.1. The van der Waals surface area contributed by atoms with E-state index in [0.717, 1.165) is 0 Å². The molecule has 1 heterocycles. The highest BCUT2D eigenvalue weighted by Crippen LogP contribution is 2.01. The summed E-state index contributed by atoms with van der Waals surface area (Å²) in [5.74, 6) is -0.498. The third-order valence-electron chi connectivity index (χ3n) is 2.30. The van der Waals surface area contributed by atoms with Gasteiger partial charge >= 0.3 is 11.9 Å². The van der Waals surface area contributed by atoms with E-state index < -0.39 is 18.0 Å². The van der Waals surface area contributed by atoms with Crippen molar-refractivity contribution in [1.29, 1.82) is 0 Å². The molecule has 0 saturated carbocycles. The largest absolute Gasteiger partial charge is 0.468 e. The molecule has 9 heteroatoms. The molecule has 0 unspecified atom stereocenters. The van der Waals surface area contributed by atoms with Gasteiger partial charge in [-0.25, -0.2) is 4.68 Å². The number of hydrogen-bond donors (Lipinski definition) is 1. The van der Waals surface area contributed by atoms with Crippen molar-refractivity contribution >= 4 is 11.9 Å². The highest BCUT2D eigenvalue weighted by molar-refractivity contribution is 5.75. The van der Waals surface area contributed by atoms with Gasteiger partial charge in [-0.3, -0.25) is 9.59 Å². The minimum atomic E-state index is -0.738. The van der Waals surface area contributed by atoms with E-state index in [4.69, 9.17) is 5.73 Å². The van der Waals surface area contributed by atoms with E-state index in [9.17, 15) is 9.59 Å². The molecule has 1 aromatic heterocycles. The molecule has 0 aliphatic heterocycles. The first-order valence-electron chi connectivity index (χ1n) is 5.23. The van der Waals surface area contributed by atoms with Gasteiger partial charge in [0, 0.05) is 6.42 Å². The van der Waals surface area contributed by atoms with Crippen molar-refractivity contribution in [2.24, 2.45) is 5.73 Å². The Morgan fingerprint density at radius 1 is 1.39 bits per heavy atom. The lowest BCUT2D eigenvalue weighted by molar-refractivity contribution is -0.143. The summed E-state index contributed by atoms with van der Waals surface area (Å²) in [6.07, 6.45) is 0.689. The summed E-state index contributed by atoms with van der Waals surface area (Å²) in [6, 6.07) is -0.738. The average molecular weight is 257 g/mol. The van der Waals surface area contributed by atoms with Gasteiger partial charge in [-0.05, 0) is 16.8 Å². The quantitative estimate of drug-likeness (QED) is 0.597. The zero-order valence-electron chi connectivity index (χ0n) is 10.2. The number of carbonyl (C=O) groups excluding carboxylic acids is 2. The van der Waals surface area contributed by atoms with E-state index >= 15 is 0 Å². The van der Waals surface area contributed by atoms with Gasteiger partial charge in [0.1, 0.15) is 12.6 Å². The number of aryl methyl sites for hydroxylation is 1. The number of aromatic nitrogens is 4. The first-order chi connectivity index (χ1) is 8.58. The monoisotopic (exact) mass is 257 g/mol. The van der Waals surface area contributed by atoms with Crippen LogP contribution in [0.5, 0.6) is 0 Å². The van der Waals surface area contributed by atoms with Crippen molar-refractivity contribution in [3.8, 4) is 0 Å². The topological polar surface area (TPSA) is 122 Å². The van der Waals surface area contributed by atoms with Gasteiger partial charge in [0.2, 0.25) is 0 Å². The number of tetrazole rings is 1. The minimum absolute atomic E-state index is 0.0771. The second kappa shape index (κ2) is 6.64. The van der Waals surface area contributed by atoms with Crippen LogP contribution in [0, 0.1) is 0 Å². The van der Waals surface area contributed by atoms with Gasteiger partial charge in [0.25, 0.3) is 0 Å². The van der Waals surface area contributed by atoms with E-state index in [1.165, 1.54) is 18.9 Å². The first-order valence-corrected chi connectivity index (χ1v) is 5.23. The molecule has 0 amide bonds. The van der Waals surface area contributed by atoms with Crippen LogP contribution in [0.1, 0.15) is 12.2 Å². The van der Waals surface area contributed by atoms with Crippen LogP contribution in [0.25, 0.3) is 0 Å². The summed E-state index contributed by atoms with van der Waals surface area (Å²) in [5.41, 5.74) is 5.58. The zero-order valence-corrected chi connectivity index (χ0v) is 10.2. The van der Waals surface area contributed by atoms with Gasteiger partial charge in [-0.15, -0.1) is 5.10 Å². The number of methoxy groups -OCH3 is 2. The van der Waals surface area contributed by atoms with E-state index in [-0.39, 0.29) is 6.54 Å². The van der Waals surface area contributed by atoms with E-state index in [1.54, 1.807) is 0 Å². The lowest BCUT2D eigenvalue weighted by Gasteiger charge is -2.08.